The van der Waals surface area contributed by atoms with Crippen molar-refractivity contribution >= 4 is 32.8 Å². The topological polar surface area (TPSA) is 53.7 Å². The molecule has 2 rings (SSSR count). The van der Waals surface area contributed by atoms with Crippen molar-refractivity contribution in [3.05, 3.63) is 34.0 Å². The van der Waals surface area contributed by atoms with Gasteiger partial charge in [-0.3, -0.25) is 4.79 Å². The zero-order valence-electron chi connectivity index (χ0n) is 12.0. The lowest BCUT2D eigenvalue weighted by Crippen LogP contribution is -2.39. The van der Waals surface area contributed by atoms with Crippen LogP contribution < -0.4 is 0 Å². The number of furan rings is 1. The summed E-state index contributed by atoms with van der Waals surface area (Å²) in [4.78, 5) is 13.9. The third-order valence-electron chi connectivity index (χ3n) is 3.06. The van der Waals surface area contributed by atoms with Gasteiger partial charge in [0.15, 0.2) is 5.76 Å². The van der Waals surface area contributed by atoms with Crippen molar-refractivity contribution in [1.82, 2.24) is 4.90 Å². The first kappa shape index (κ1) is 15.1. The summed E-state index contributed by atoms with van der Waals surface area (Å²) in [7, 11) is 1.66. The maximum absolute atomic E-state index is 12.4. The Morgan fingerprint density at radius 1 is 1.45 bits per heavy atom. The van der Waals surface area contributed by atoms with Gasteiger partial charge in [-0.2, -0.15) is 0 Å². The van der Waals surface area contributed by atoms with Crippen LogP contribution in [0.25, 0.3) is 11.0 Å². The van der Waals surface area contributed by atoms with Gasteiger partial charge in [0.1, 0.15) is 5.58 Å². The molecule has 0 bridgehead atoms. The van der Waals surface area contributed by atoms with Crippen LogP contribution in [0.3, 0.4) is 0 Å². The minimum absolute atomic E-state index is 0.225. The summed E-state index contributed by atoms with van der Waals surface area (Å²) in [6.45, 7) is 5.44. The second-order valence-corrected chi connectivity index (χ2v) is 6.59. The fourth-order valence-electron chi connectivity index (χ4n) is 2.22. The smallest absolute Gasteiger partial charge is 0.289 e. The highest BCUT2D eigenvalue weighted by atomic mass is 79.9. The van der Waals surface area contributed by atoms with Gasteiger partial charge >= 0.3 is 0 Å². The molecule has 4 nitrogen and oxygen atoms in total. The lowest BCUT2D eigenvalue weighted by atomic mass is 10.1. The van der Waals surface area contributed by atoms with E-state index in [4.69, 9.17) is 4.42 Å². The minimum Gasteiger partial charge on any atom is -0.451 e. The van der Waals surface area contributed by atoms with E-state index in [1.807, 2.05) is 25.1 Å². The molecule has 20 heavy (non-hydrogen) atoms. The molecule has 0 unspecified atom stereocenters. The number of hydrogen-bond donors (Lipinski definition) is 1. The number of benzene rings is 1. The molecule has 5 heteroatoms. The molecule has 0 spiro atoms. The van der Waals surface area contributed by atoms with Gasteiger partial charge in [0.2, 0.25) is 0 Å². The number of fused-ring (bicyclic) bond motifs is 1. The normalized spacial score (nSPS) is 11.9. The molecule has 1 aromatic carbocycles. The van der Waals surface area contributed by atoms with Gasteiger partial charge in [0.25, 0.3) is 5.91 Å². The SMILES string of the molecule is Cc1c(C(=O)N(C)CC(C)(C)O)oc2ccc(Br)cc12. The second-order valence-electron chi connectivity index (χ2n) is 5.67. The maximum atomic E-state index is 12.4. The summed E-state index contributed by atoms with van der Waals surface area (Å²) in [6, 6.07) is 5.64. The molecular formula is C15H18BrNO3. The monoisotopic (exact) mass is 339 g/mol. The first-order valence-electron chi connectivity index (χ1n) is 6.35. The summed E-state index contributed by atoms with van der Waals surface area (Å²) in [5.74, 6) is 0.0989. The molecule has 1 heterocycles. The van der Waals surface area contributed by atoms with Crippen LogP contribution in [0.1, 0.15) is 30.0 Å². The third-order valence-corrected chi connectivity index (χ3v) is 3.56. The number of halogens is 1. The zero-order chi connectivity index (χ0) is 15.1. The highest BCUT2D eigenvalue weighted by Crippen LogP contribution is 2.28. The average molecular weight is 340 g/mol. The Morgan fingerprint density at radius 3 is 2.70 bits per heavy atom. The minimum atomic E-state index is -0.937. The maximum Gasteiger partial charge on any atom is 0.289 e. The highest BCUT2D eigenvalue weighted by molar-refractivity contribution is 9.10. The molecule has 0 aliphatic carbocycles. The number of nitrogens with zero attached hydrogens (tertiary/aromatic N) is 1. The number of aliphatic hydroxyl groups is 1. The lowest BCUT2D eigenvalue weighted by Gasteiger charge is -2.24. The summed E-state index contributed by atoms with van der Waals surface area (Å²) in [5.41, 5.74) is 0.562. The molecule has 0 saturated carbocycles. The van der Waals surface area contributed by atoms with Crippen LogP contribution >= 0.6 is 15.9 Å². The van der Waals surface area contributed by atoms with Crippen molar-refractivity contribution in [2.75, 3.05) is 13.6 Å². The molecule has 1 amide bonds. The van der Waals surface area contributed by atoms with Crippen molar-refractivity contribution in [3.8, 4) is 0 Å². The van der Waals surface area contributed by atoms with E-state index in [2.05, 4.69) is 15.9 Å². The van der Waals surface area contributed by atoms with E-state index in [-0.39, 0.29) is 12.5 Å². The molecule has 0 atom stereocenters. The van der Waals surface area contributed by atoms with Crippen LogP contribution in [0.4, 0.5) is 0 Å². The van der Waals surface area contributed by atoms with Gasteiger partial charge in [-0.15, -0.1) is 0 Å². The van der Waals surface area contributed by atoms with E-state index in [0.717, 1.165) is 15.4 Å². The number of aryl methyl sites for hydroxylation is 1. The lowest BCUT2D eigenvalue weighted by molar-refractivity contribution is 0.0352. The Bertz CT molecular complexity index is 655. The average Bonchev–Trinajstić information content (AvgIpc) is 2.64. The predicted molar refractivity (Wildman–Crippen MR) is 81.9 cm³/mol. The van der Waals surface area contributed by atoms with E-state index in [1.54, 1.807) is 20.9 Å². The summed E-state index contributed by atoms with van der Waals surface area (Å²) >= 11 is 3.41. The molecular weight excluding hydrogens is 322 g/mol. The Morgan fingerprint density at radius 2 is 2.10 bits per heavy atom. The summed E-state index contributed by atoms with van der Waals surface area (Å²) in [6.07, 6.45) is 0. The Balaban J connectivity index is 2.38. The van der Waals surface area contributed by atoms with Crippen LogP contribution in [-0.4, -0.2) is 35.1 Å². The molecule has 1 N–H and O–H groups in total. The van der Waals surface area contributed by atoms with Gasteiger partial charge in [-0.1, -0.05) is 15.9 Å². The van der Waals surface area contributed by atoms with Crippen molar-refractivity contribution in [2.45, 2.75) is 26.4 Å². The summed E-state index contributed by atoms with van der Waals surface area (Å²) < 4.78 is 6.60. The fourth-order valence-corrected chi connectivity index (χ4v) is 2.58. The quantitative estimate of drug-likeness (QED) is 0.932. The number of rotatable bonds is 3. The van der Waals surface area contributed by atoms with E-state index < -0.39 is 5.60 Å². The largest absolute Gasteiger partial charge is 0.451 e. The van der Waals surface area contributed by atoms with Gasteiger partial charge in [-0.25, -0.2) is 0 Å². The summed E-state index contributed by atoms with van der Waals surface area (Å²) in [5, 5.41) is 10.7. The first-order chi connectivity index (χ1) is 9.19. The molecule has 108 valence electrons. The first-order valence-corrected chi connectivity index (χ1v) is 7.15. The van der Waals surface area contributed by atoms with Gasteiger partial charge in [0, 0.05) is 29.0 Å². The number of carbonyl (C=O) groups excluding carboxylic acids is 1. The van der Waals surface area contributed by atoms with E-state index in [1.165, 1.54) is 4.90 Å². The number of carbonyl (C=O) groups is 1. The van der Waals surface area contributed by atoms with E-state index in [9.17, 15) is 9.90 Å². The van der Waals surface area contributed by atoms with Gasteiger partial charge < -0.3 is 14.4 Å². The molecule has 0 saturated heterocycles. The van der Waals surface area contributed by atoms with E-state index >= 15 is 0 Å². The second kappa shape index (κ2) is 5.22. The van der Waals surface area contributed by atoms with Crippen LogP contribution in [-0.2, 0) is 0 Å². The van der Waals surface area contributed by atoms with Crippen molar-refractivity contribution in [3.63, 3.8) is 0 Å². The Labute approximate surface area is 126 Å². The predicted octanol–water partition coefficient (Wildman–Crippen LogP) is 3.35. The van der Waals surface area contributed by atoms with Crippen molar-refractivity contribution in [1.29, 1.82) is 0 Å². The van der Waals surface area contributed by atoms with E-state index in [0.29, 0.717) is 11.3 Å². The number of hydrogen-bond acceptors (Lipinski definition) is 3. The van der Waals surface area contributed by atoms with Crippen LogP contribution in [0.5, 0.6) is 0 Å². The number of amides is 1. The van der Waals surface area contributed by atoms with Crippen molar-refractivity contribution in [2.24, 2.45) is 0 Å². The molecule has 0 aliphatic heterocycles. The molecule has 0 aliphatic rings. The van der Waals surface area contributed by atoms with Gasteiger partial charge in [-0.05, 0) is 39.0 Å². The molecule has 2 aromatic rings. The third kappa shape index (κ3) is 3.04. The van der Waals surface area contributed by atoms with Crippen molar-refractivity contribution < 1.29 is 14.3 Å². The highest BCUT2D eigenvalue weighted by Gasteiger charge is 2.25. The van der Waals surface area contributed by atoms with Gasteiger partial charge in [0.05, 0.1) is 5.60 Å². The van der Waals surface area contributed by atoms with Crippen LogP contribution in [0.15, 0.2) is 27.1 Å². The molecule has 1 aromatic heterocycles. The fraction of sp³-hybridized carbons (Fsp3) is 0.400. The number of likely N-dealkylation sites (N-methyl/N-ethyl adjacent to an activating group) is 1. The Hall–Kier alpha value is -1.33. The standard InChI is InChI=1S/C15H18BrNO3/c1-9-11-7-10(16)5-6-12(11)20-13(9)14(18)17(4)8-15(2,3)19/h5-7,19H,8H2,1-4H3. The zero-order valence-corrected chi connectivity index (χ0v) is 13.6. The van der Waals surface area contributed by atoms with Crippen LogP contribution in [0.2, 0.25) is 0 Å². The Kier molecular flexibility index (Phi) is 3.93. The van der Waals surface area contributed by atoms with Crippen LogP contribution in [0, 0.1) is 6.92 Å². The molecule has 0 fully saturated rings. The molecule has 0 radical (unpaired) electrons.